The maximum absolute atomic E-state index is 13.6. The van der Waals surface area contributed by atoms with E-state index in [0.717, 1.165) is 49.9 Å². The van der Waals surface area contributed by atoms with Crippen molar-refractivity contribution >= 4 is 34.6 Å². The lowest BCUT2D eigenvalue weighted by molar-refractivity contribution is 0.0233. The molecule has 10 nitrogen and oxygen atoms in total. The molecule has 1 unspecified atom stereocenters. The molecule has 3 N–H and O–H groups in total. The minimum Gasteiger partial charge on any atom is -0.478 e. The minimum absolute atomic E-state index is 0.108. The summed E-state index contributed by atoms with van der Waals surface area (Å²) in [6.45, 7) is 11.0. The lowest BCUT2D eigenvalue weighted by Crippen LogP contribution is -2.55. The fraction of sp³-hybridized carbons (Fsp3) is 0.500. The average Bonchev–Trinajstić information content (AvgIpc) is 2.89. The van der Waals surface area contributed by atoms with Crippen molar-refractivity contribution < 1.29 is 19.4 Å². The van der Waals surface area contributed by atoms with Gasteiger partial charge in [0.1, 0.15) is 5.60 Å². The Hall–Kier alpha value is -4.08. The number of aromatic nitrogens is 2. The Labute approximate surface area is 246 Å². The Morgan fingerprint density at radius 3 is 2.45 bits per heavy atom. The SMILES string of the molecule is Cc1cc(C(C)Nc2ccccc2C(=O)O)c2nc(N3CCC4(CC3)CC(NC(=O)OC(C)(C)C)C4)n(C)c(=O)c2c1. The lowest BCUT2D eigenvalue weighted by Gasteiger charge is -2.52. The smallest absolute Gasteiger partial charge is 0.407 e. The molecule has 42 heavy (non-hydrogen) atoms. The summed E-state index contributed by atoms with van der Waals surface area (Å²) in [6, 6.07) is 10.5. The number of nitrogens with zero attached hydrogens (tertiary/aromatic N) is 3. The number of aryl methyl sites for hydroxylation is 1. The molecule has 2 heterocycles. The number of carboxylic acid groups (broad SMARTS) is 1. The van der Waals surface area contributed by atoms with E-state index in [2.05, 4.69) is 15.5 Å². The van der Waals surface area contributed by atoms with Crippen LogP contribution in [0.2, 0.25) is 0 Å². The van der Waals surface area contributed by atoms with Gasteiger partial charge in [0, 0.05) is 37.4 Å². The van der Waals surface area contributed by atoms with E-state index in [4.69, 9.17) is 9.72 Å². The van der Waals surface area contributed by atoms with Gasteiger partial charge in [-0.1, -0.05) is 18.2 Å². The van der Waals surface area contributed by atoms with Crippen LogP contribution in [0.1, 0.15) is 80.9 Å². The molecule has 2 aromatic carbocycles. The van der Waals surface area contributed by atoms with Crippen molar-refractivity contribution in [3.05, 3.63) is 63.4 Å². The molecule has 0 radical (unpaired) electrons. The third-order valence-corrected chi connectivity index (χ3v) is 8.51. The van der Waals surface area contributed by atoms with Crippen LogP contribution in [0, 0.1) is 12.3 Å². The number of piperidine rings is 1. The lowest BCUT2D eigenvalue weighted by atomic mass is 9.60. The van der Waals surface area contributed by atoms with E-state index in [1.807, 2.05) is 46.8 Å². The second-order valence-corrected chi connectivity index (χ2v) is 13.0. The largest absolute Gasteiger partial charge is 0.478 e. The quantitative estimate of drug-likeness (QED) is 0.357. The molecule has 2 aliphatic rings. The molecule has 1 saturated heterocycles. The van der Waals surface area contributed by atoms with Crippen molar-refractivity contribution in [3.63, 3.8) is 0 Å². The summed E-state index contributed by atoms with van der Waals surface area (Å²) in [4.78, 5) is 44.8. The number of amides is 1. The number of fused-ring (bicyclic) bond motifs is 1. The van der Waals surface area contributed by atoms with Crippen molar-refractivity contribution in [3.8, 4) is 0 Å². The third kappa shape index (κ3) is 5.93. The van der Waals surface area contributed by atoms with Crippen LogP contribution in [-0.2, 0) is 11.8 Å². The number of alkyl carbamates (subject to hydrolysis) is 1. The Morgan fingerprint density at radius 1 is 1.14 bits per heavy atom. The number of anilines is 2. The van der Waals surface area contributed by atoms with Gasteiger partial charge in [0.15, 0.2) is 0 Å². The number of para-hydroxylation sites is 1. The Kier molecular flexibility index (Phi) is 7.68. The first-order valence-electron chi connectivity index (χ1n) is 14.6. The number of aromatic carboxylic acids is 1. The van der Waals surface area contributed by atoms with E-state index in [0.29, 0.717) is 22.5 Å². The molecule has 1 aliphatic heterocycles. The number of carbonyl (C=O) groups is 2. The number of rotatable bonds is 6. The number of carboxylic acids is 1. The van der Waals surface area contributed by atoms with E-state index in [-0.39, 0.29) is 34.7 Å². The first kappa shape index (κ1) is 29.4. The molecule has 224 valence electrons. The predicted molar refractivity (Wildman–Crippen MR) is 163 cm³/mol. The molecule has 0 bridgehead atoms. The predicted octanol–water partition coefficient (Wildman–Crippen LogP) is 5.39. The average molecular weight is 576 g/mol. The number of hydrogen-bond acceptors (Lipinski definition) is 7. The summed E-state index contributed by atoms with van der Waals surface area (Å²) in [5.41, 5.74) is 2.65. The highest BCUT2D eigenvalue weighted by atomic mass is 16.6. The van der Waals surface area contributed by atoms with Crippen LogP contribution in [0.5, 0.6) is 0 Å². The van der Waals surface area contributed by atoms with E-state index < -0.39 is 11.6 Å². The van der Waals surface area contributed by atoms with Crippen molar-refractivity contribution in [2.45, 2.75) is 78.0 Å². The van der Waals surface area contributed by atoms with Crippen molar-refractivity contribution in [2.24, 2.45) is 12.5 Å². The summed E-state index contributed by atoms with van der Waals surface area (Å²) >= 11 is 0. The number of ether oxygens (including phenoxy) is 1. The fourth-order valence-electron chi connectivity index (χ4n) is 6.41. The van der Waals surface area contributed by atoms with Crippen LogP contribution >= 0.6 is 0 Å². The van der Waals surface area contributed by atoms with Crippen molar-refractivity contribution in [1.29, 1.82) is 0 Å². The molecule has 2 fully saturated rings. The van der Waals surface area contributed by atoms with E-state index in [1.54, 1.807) is 35.9 Å². The summed E-state index contributed by atoms with van der Waals surface area (Å²) in [6.07, 6.45) is 3.40. The second kappa shape index (κ2) is 11.0. The first-order chi connectivity index (χ1) is 19.7. The highest BCUT2D eigenvalue weighted by molar-refractivity contribution is 5.94. The second-order valence-electron chi connectivity index (χ2n) is 13.0. The maximum atomic E-state index is 13.6. The molecule has 1 aliphatic carbocycles. The highest BCUT2D eigenvalue weighted by Crippen LogP contribution is 2.49. The van der Waals surface area contributed by atoms with Crippen LogP contribution in [0.3, 0.4) is 0 Å². The zero-order chi connectivity index (χ0) is 30.4. The molecule has 5 rings (SSSR count). The van der Waals surface area contributed by atoms with Crippen LogP contribution < -0.4 is 21.1 Å². The normalized spacial score (nSPS) is 17.5. The molecule has 1 saturated carbocycles. The van der Waals surface area contributed by atoms with Gasteiger partial charge in [-0.3, -0.25) is 9.36 Å². The topological polar surface area (TPSA) is 126 Å². The fourth-order valence-corrected chi connectivity index (χ4v) is 6.41. The third-order valence-electron chi connectivity index (χ3n) is 8.51. The van der Waals surface area contributed by atoms with Gasteiger partial charge in [-0.25, -0.2) is 14.6 Å². The van der Waals surface area contributed by atoms with Crippen molar-refractivity contribution in [1.82, 2.24) is 14.9 Å². The number of nitrogens with one attached hydrogen (secondary N) is 2. The standard InChI is InChI=1S/C32H41N5O5/c1-19-15-23(20(2)33-25-10-8-7-9-22(25)28(39)40)26-24(16-19)27(38)36(6)29(35-26)37-13-11-32(12-14-37)17-21(18-32)34-30(41)42-31(3,4)5/h7-10,15-16,20-21,33H,11-14,17-18H2,1-6H3,(H,34,41)(H,39,40). The number of benzene rings is 2. The Morgan fingerprint density at radius 2 is 1.81 bits per heavy atom. The molecule has 10 heteroatoms. The molecule has 1 atom stereocenters. The summed E-state index contributed by atoms with van der Waals surface area (Å²) in [5.74, 6) is -0.372. The Balaban J connectivity index is 1.35. The number of carbonyl (C=O) groups excluding carboxylic acids is 1. The van der Waals surface area contributed by atoms with Crippen LogP contribution in [-0.4, -0.2) is 51.5 Å². The van der Waals surface area contributed by atoms with Crippen LogP contribution in [0.4, 0.5) is 16.4 Å². The minimum atomic E-state index is -1.00. The maximum Gasteiger partial charge on any atom is 0.407 e. The number of hydrogen-bond donors (Lipinski definition) is 3. The molecular weight excluding hydrogens is 534 g/mol. The van der Waals surface area contributed by atoms with Crippen LogP contribution in [0.25, 0.3) is 10.9 Å². The van der Waals surface area contributed by atoms with E-state index in [1.165, 1.54) is 0 Å². The molecule has 1 aromatic heterocycles. The zero-order valence-electron chi connectivity index (χ0n) is 25.3. The monoisotopic (exact) mass is 575 g/mol. The summed E-state index contributed by atoms with van der Waals surface area (Å²) in [7, 11) is 1.77. The van der Waals surface area contributed by atoms with Gasteiger partial charge in [-0.15, -0.1) is 0 Å². The van der Waals surface area contributed by atoms with Gasteiger partial charge < -0.3 is 25.4 Å². The summed E-state index contributed by atoms with van der Waals surface area (Å²) < 4.78 is 7.04. The van der Waals surface area contributed by atoms with Gasteiger partial charge in [0.2, 0.25) is 5.95 Å². The van der Waals surface area contributed by atoms with Crippen molar-refractivity contribution in [2.75, 3.05) is 23.3 Å². The Bertz CT molecular complexity index is 1570. The molecule has 3 aromatic rings. The molecule has 1 amide bonds. The summed E-state index contributed by atoms with van der Waals surface area (Å²) in [5, 5.41) is 16.5. The van der Waals surface area contributed by atoms with Crippen LogP contribution in [0.15, 0.2) is 41.2 Å². The highest BCUT2D eigenvalue weighted by Gasteiger charge is 2.47. The van der Waals surface area contributed by atoms with Gasteiger partial charge in [0.05, 0.1) is 22.5 Å². The van der Waals surface area contributed by atoms with Gasteiger partial charge >= 0.3 is 12.1 Å². The van der Waals surface area contributed by atoms with Gasteiger partial charge in [-0.2, -0.15) is 0 Å². The molecule has 1 spiro atoms. The van der Waals surface area contributed by atoms with Gasteiger partial charge in [-0.05, 0) is 89.5 Å². The first-order valence-corrected chi connectivity index (χ1v) is 14.6. The van der Waals surface area contributed by atoms with E-state index in [9.17, 15) is 19.5 Å². The molecular formula is C32H41N5O5. The van der Waals surface area contributed by atoms with E-state index >= 15 is 0 Å². The zero-order valence-corrected chi connectivity index (χ0v) is 25.3. The van der Waals surface area contributed by atoms with Gasteiger partial charge in [0.25, 0.3) is 5.56 Å².